The lowest BCUT2D eigenvalue weighted by Crippen LogP contribution is -2.31. The van der Waals surface area contributed by atoms with E-state index in [-0.39, 0.29) is 12.5 Å². The fourth-order valence-electron chi connectivity index (χ4n) is 1.66. The maximum Gasteiger partial charge on any atom is 0.135 e. The molecule has 0 unspecified atom stereocenters. The van der Waals surface area contributed by atoms with E-state index in [2.05, 4.69) is 29.1 Å². The van der Waals surface area contributed by atoms with Gasteiger partial charge in [-0.2, -0.15) is 0 Å². The highest BCUT2D eigenvalue weighted by Gasteiger charge is 2.12. The number of anilines is 2. The van der Waals surface area contributed by atoms with Crippen LogP contribution >= 0.6 is 0 Å². The molecule has 0 radical (unpaired) electrons. The molecule has 0 bridgehead atoms. The molecule has 1 heterocycles. The summed E-state index contributed by atoms with van der Waals surface area (Å²) in [7, 11) is 3.50. The Kier molecular flexibility index (Phi) is 6.52. The highest BCUT2D eigenvalue weighted by Crippen LogP contribution is 2.19. The van der Waals surface area contributed by atoms with Crippen molar-refractivity contribution in [1.82, 2.24) is 9.97 Å². The van der Waals surface area contributed by atoms with Crippen LogP contribution in [0.5, 0.6) is 0 Å². The number of hydrogen-bond donors (Lipinski definition) is 2. The van der Waals surface area contributed by atoms with Crippen LogP contribution in [0.4, 0.5) is 11.6 Å². The number of rotatable bonds is 8. The molecule has 19 heavy (non-hydrogen) atoms. The third kappa shape index (κ3) is 4.65. The van der Waals surface area contributed by atoms with Gasteiger partial charge in [-0.25, -0.2) is 9.97 Å². The largest absolute Gasteiger partial charge is 0.395 e. The van der Waals surface area contributed by atoms with Gasteiger partial charge in [0, 0.05) is 39.2 Å². The van der Waals surface area contributed by atoms with Crippen LogP contribution in [0.25, 0.3) is 0 Å². The predicted octanol–water partition coefficient (Wildman–Crippen LogP) is 1.09. The molecule has 2 N–H and O–H groups in total. The lowest BCUT2D eigenvalue weighted by atomic mass is 10.2. The minimum atomic E-state index is 0.0830. The van der Waals surface area contributed by atoms with Crippen molar-refractivity contribution in [2.45, 2.75) is 19.8 Å². The first-order valence-electron chi connectivity index (χ1n) is 6.53. The summed E-state index contributed by atoms with van der Waals surface area (Å²) >= 11 is 0. The summed E-state index contributed by atoms with van der Waals surface area (Å²) in [5, 5.41) is 12.2. The Morgan fingerprint density at radius 1 is 1.37 bits per heavy atom. The molecule has 0 fully saturated rings. The Morgan fingerprint density at radius 3 is 2.63 bits per heavy atom. The molecule has 1 aromatic rings. The second-order valence-corrected chi connectivity index (χ2v) is 4.58. The van der Waals surface area contributed by atoms with Crippen molar-refractivity contribution in [1.29, 1.82) is 0 Å². The highest BCUT2D eigenvalue weighted by atomic mass is 16.5. The topological polar surface area (TPSA) is 70.5 Å². The van der Waals surface area contributed by atoms with Crippen LogP contribution in [0.15, 0.2) is 6.07 Å². The van der Waals surface area contributed by atoms with Crippen molar-refractivity contribution in [3.05, 3.63) is 11.9 Å². The Morgan fingerprint density at radius 2 is 2.11 bits per heavy atom. The van der Waals surface area contributed by atoms with Crippen LogP contribution in [-0.4, -0.2) is 55.5 Å². The van der Waals surface area contributed by atoms with Crippen molar-refractivity contribution >= 4 is 11.6 Å². The quantitative estimate of drug-likeness (QED) is 0.735. The Labute approximate surface area is 114 Å². The third-order valence-electron chi connectivity index (χ3n) is 2.76. The number of aromatic nitrogens is 2. The maximum atomic E-state index is 9.16. The molecule has 6 nitrogen and oxygen atoms in total. The lowest BCUT2D eigenvalue weighted by molar-refractivity contribution is 0.202. The average molecular weight is 268 g/mol. The summed E-state index contributed by atoms with van der Waals surface area (Å²) in [5.41, 5.74) is 0. The molecule has 0 aromatic carbocycles. The van der Waals surface area contributed by atoms with Crippen molar-refractivity contribution < 1.29 is 9.84 Å². The number of nitrogens with one attached hydrogen (secondary N) is 1. The van der Waals surface area contributed by atoms with E-state index in [1.165, 1.54) is 0 Å². The zero-order chi connectivity index (χ0) is 14.3. The van der Waals surface area contributed by atoms with Gasteiger partial charge in [-0.1, -0.05) is 13.8 Å². The molecule has 0 amide bonds. The van der Waals surface area contributed by atoms with E-state index >= 15 is 0 Å². The van der Waals surface area contributed by atoms with Crippen LogP contribution in [0.1, 0.15) is 25.6 Å². The fraction of sp³-hybridized carbons (Fsp3) is 0.692. The Bertz CT molecular complexity index is 385. The van der Waals surface area contributed by atoms with Crippen LogP contribution in [0.2, 0.25) is 0 Å². The van der Waals surface area contributed by atoms with Crippen molar-refractivity contribution in [3.8, 4) is 0 Å². The summed E-state index contributed by atoms with van der Waals surface area (Å²) in [6.45, 7) is 6.01. The van der Waals surface area contributed by atoms with E-state index in [0.717, 1.165) is 17.5 Å². The average Bonchev–Trinajstić information content (AvgIpc) is 2.42. The predicted molar refractivity (Wildman–Crippen MR) is 76.8 cm³/mol. The second kappa shape index (κ2) is 7.91. The molecule has 0 atom stereocenters. The standard InChI is InChI=1S/C13H24N4O2/c1-10(2)13-15-11(14-3)9-12(16-13)17(5-7-18)6-8-19-4/h9-10,18H,5-8H2,1-4H3,(H,14,15,16). The molecule has 0 saturated carbocycles. The van der Waals surface area contributed by atoms with Crippen LogP contribution < -0.4 is 10.2 Å². The lowest BCUT2D eigenvalue weighted by Gasteiger charge is -2.23. The van der Waals surface area contributed by atoms with Gasteiger partial charge >= 0.3 is 0 Å². The first kappa shape index (κ1) is 15.7. The summed E-state index contributed by atoms with van der Waals surface area (Å²) < 4.78 is 5.09. The first-order valence-corrected chi connectivity index (χ1v) is 6.53. The number of hydrogen-bond acceptors (Lipinski definition) is 6. The Balaban J connectivity index is 3.02. The van der Waals surface area contributed by atoms with E-state index in [4.69, 9.17) is 9.84 Å². The van der Waals surface area contributed by atoms with Gasteiger partial charge in [0.05, 0.1) is 13.2 Å². The van der Waals surface area contributed by atoms with Gasteiger partial charge in [0.2, 0.25) is 0 Å². The SMILES string of the molecule is CNc1cc(N(CCO)CCOC)nc(C(C)C)n1. The highest BCUT2D eigenvalue weighted by molar-refractivity contribution is 5.49. The van der Waals surface area contributed by atoms with Crippen molar-refractivity contribution in [2.24, 2.45) is 0 Å². The van der Waals surface area contributed by atoms with Gasteiger partial charge in [0.15, 0.2) is 0 Å². The summed E-state index contributed by atoms with van der Waals surface area (Å²) in [4.78, 5) is 11.0. The van der Waals surface area contributed by atoms with Gasteiger partial charge < -0.3 is 20.1 Å². The van der Waals surface area contributed by atoms with Crippen LogP contribution in [0, 0.1) is 0 Å². The number of ether oxygens (including phenoxy) is 1. The van der Waals surface area contributed by atoms with E-state index in [1.807, 2.05) is 18.0 Å². The number of nitrogens with zero attached hydrogens (tertiary/aromatic N) is 3. The molecule has 0 aliphatic heterocycles. The monoisotopic (exact) mass is 268 g/mol. The normalized spacial score (nSPS) is 10.8. The number of aliphatic hydroxyl groups excluding tert-OH is 1. The molecule has 0 spiro atoms. The third-order valence-corrected chi connectivity index (χ3v) is 2.76. The van der Waals surface area contributed by atoms with Crippen molar-refractivity contribution in [2.75, 3.05) is 50.7 Å². The zero-order valence-electron chi connectivity index (χ0n) is 12.2. The van der Waals surface area contributed by atoms with E-state index in [0.29, 0.717) is 19.7 Å². The van der Waals surface area contributed by atoms with Gasteiger partial charge in [0.1, 0.15) is 17.5 Å². The molecular weight excluding hydrogens is 244 g/mol. The van der Waals surface area contributed by atoms with Gasteiger partial charge in [0.25, 0.3) is 0 Å². The smallest absolute Gasteiger partial charge is 0.135 e. The molecule has 0 aliphatic carbocycles. The maximum absolute atomic E-state index is 9.16. The summed E-state index contributed by atoms with van der Waals surface area (Å²) in [5.74, 6) is 2.65. The Hall–Kier alpha value is -1.40. The molecule has 0 saturated heterocycles. The minimum Gasteiger partial charge on any atom is -0.395 e. The first-order chi connectivity index (χ1) is 9.12. The number of methoxy groups -OCH3 is 1. The number of aliphatic hydroxyl groups is 1. The fourth-order valence-corrected chi connectivity index (χ4v) is 1.66. The van der Waals surface area contributed by atoms with Gasteiger partial charge in [-0.3, -0.25) is 0 Å². The molecule has 6 heteroatoms. The van der Waals surface area contributed by atoms with E-state index in [9.17, 15) is 0 Å². The second-order valence-electron chi connectivity index (χ2n) is 4.58. The van der Waals surface area contributed by atoms with Crippen LogP contribution in [-0.2, 0) is 4.74 Å². The molecule has 1 aromatic heterocycles. The van der Waals surface area contributed by atoms with E-state index in [1.54, 1.807) is 7.11 Å². The van der Waals surface area contributed by atoms with E-state index < -0.39 is 0 Å². The summed E-state index contributed by atoms with van der Waals surface area (Å²) in [6, 6.07) is 1.89. The minimum absolute atomic E-state index is 0.0830. The zero-order valence-corrected chi connectivity index (χ0v) is 12.2. The molecule has 1 rings (SSSR count). The molecule has 0 aliphatic rings. The van der Waals surface area contributed by atoms with Gasteiger partial charge in [-0.05, 0) is 0 Å². The molecular formula is C13H24N4O2. The van der Waals surface area contributed by atoms with Crippen LogP contribution in [0.3, 0.4) is 0 Å². The van der Waals surface area contributed by atoms with Gasteiger partial charge in [-0.15, -0.1) is 0 Å². The molecule has 108 valence electrons. The summed E-state index contributed by atoms with van der Waals surface area (Å²) in [6.07, 6.45) is 0. The van der Waals surface area contributed by atoms with Crippen molar-refractivity contribution in [3.63, 3.8) is 0 Å².